The van der Waals surface area contributed by atoms with E-state index >= 15 is 0 Å². The highest BCUT2D eigenvalue weighted by Crippen LogP contribution is 2.34. The lowest BCUT2D eigenvalue weighted by Gasteiger charge is -2.28. The number of benzene rings is 4. The van der Waals surface area contributed by atoms with Gasteiger partial charge in [0.15, 0.2) is 0 Å². The number of carbonyl (C=O) groups excluding carboxylic acids is 1. The molecule has 0 saturated carbocycles. The lowest BCUT2D eigenvalue weighted by Crippen LogP contribution is -2.34. The highest BCUT2D eigenvalue weighted by atomic mass is 19.1. The molecule has 5 aromatic rings. The van der Waals surface area contributed by atoms with Gasteiger partial charge in [0.25, 0.3) is 5.91 Å². The van der Waals surface area contributed by atoms with Crippen molar-refractivity contribution >= 4 is 28.3 Å². The standard InChI is InChI=1S/C35H36FN5O2/c1-23-19-26(36)13-14-27(23)24-9-8-10-25(20-24)33(42)39-30-15-16-31(29-12-7-6-11-28(29)30)43-32-17-18-37-34(40-32)38-21-35(2,3)22-41(4)5/h6-20H,21-22H2,1-5H3,(H,39,42)(H,37,38,40). The number of anilines is 2. The Balaban J connectivity index is 1.35. The number of halogens is 1. The number of nitrogens with zero attached hydrogens (tertiary/aromatic N) is 3. The summed E-state index contributed by atoms with van der Waals surface area (Å²) < 4.78 is 19.8. The van der Waals surface area contributed by atoms with Crippen LogP contribution in [0.25, 0.3) is 21.9 Å². The topological polar surface area (TPSA) is 79.4 Å². The van der Waals surface area contributed by atoms with Gasteiger partial charge in [-0.25, -0.2) is 9.37 Å². The summed E-state index contributed by atoms with van der Waals surface area (Å²) in [6, 6.07) is 25.1. The third-order valence-corrected chi connectivity index (χ3v) is 7.07. The van der Waals surface area contributed by atoms with Crippen LogP contribution in [-0.4, -0.2) is 48.0 Å². The summed E-state index contributed by atoms with van der Waals surface area (Å²) in [4.78, 5) is 24.4. The second kappa shape index (κ2) is 12.6. The van der Waals surface area contributed by atoms with Crippen LogP contribution >= 0.6 is 0 Å². The normalized spacial score (nSPS) is 11.5. The quantitative estimate of drug-likeness (QED) is 0.176. The van der Waals surface area contributed by atoms with Crippen LogP contribution in [0.3, 0.4) is 0 Å². The van der Waals surface area contributed by atoms with Crippen molar-refractivity contribution in [3.05, 3.63) is 108 Å². The van der Waals surface area contributed by atoms with Crippen molar-refractivity contribution in [2.45, 2.75) is 20.8 Å². The summed E-state index contributed by atoms with van der Waals surface area (Å²) in [5, 5.41) is 8.04. The molecule has 8 heteroatoms. The number of fused-ring (bicyclic) bond motifs is 1. The molecule has 1 amide bonds. The van der Waals surface area contributed by atoms with Crippen molar-refractivity contribution in [1.82, 2.24) is 14.9 Å². The summed E-state index contributed by atoms with van der Waals surface area (Å²) in [5.41, 5.74) is 3.72. The maximum atomic E-state index is 13.6. The zero-order valence-electron chi connectivity index (χ0n) is 25.1. The van der Waals surface area contributed by atoms with Gasteiger partial charge in [-0.15, -0.1) is 0 Å². The van der Waals surface area contributed by atoms with Gasteiger partial charge in [0, 0.05) is 47.4 Å². The van der Waals surface area contributed by atoms with Crippen LogP contribution in [0.1, 0.15) is 29.8 Å². The Morgan fingerprint density at radius 1 is 0.953 bits per heavy atom. The molecule has 0 bridgehead atoms. The van der Waals surface area contributed by atoms with Gasteiger partial charge in [-0.1, -0.05) is 56.3 Å². The second-order valence-electron chi connectivity index (χ2n) is 11.7. The summed E-state index contributed by atoms with van der Waals surface area (Å²) >= 11 is 0. The number of ether oxygens (including phenoxy) is 1. The fourth-order valence-electron chi connectivity index (χ4n) is 5.27. The van der Waals surface area contributed by atoms with Gasteiger partial charge in [0.2, 0.25) is 11.8 Å². The van der Waals surface area contributed by atoms with E-state index in [0.717, 1.165) is 34.0 Å². The predicted molar refractivity (Wildman–Crippen MR) is 171 cm³/mol. The van der Waals surface area contributed by atoms with Gasteiger partial charge in [-0.3, -0.25) is 4.79 Å². The van der Waals surface area contributed by atoms with E-state index in [2.05, 4.69) is 53.4 Å². The summed E-state index contributed by atoms with van der Waals surface area (Å²) in [5.74, 6) is 0.989. The van der Waals surface area contributed by atoms with Gasteiger partial charge >= 0.3 is 0 Å². The molecule has 0 aliphatic carbocycles. The molecule has 0 radical (unpaired) electrons. The van der Waals surface area contributed by atoms with Crippen LogP contribution in [0.15, 0.2) is 91.1 Å². The zero-order valence-corrected chi connectivity index (χ0v) is 25.1. The molecule has 2 N–H and O–H groups in total. The van der Waals surface area contributed by atoms with E-state index in [-0.39, 0.29) is 17.1 Å². The Bertz CT molecular complexity index is 1770. The highest BCUT2D eigenvalue weighted by molar-refractivity contribution is 6.10. The van der Waals surface area contributed by atoms with Crippen LogP contribution in [0, 0.1) is 18.2 Å². The van der Waals surface area contributed by atoms with Gasteiger partial charge in [0.1, 0.15) is 11.6 Å². The number of amides is 1. The van der Waals surface area contributed by atoms with E-state index in [4.69, 9.17) is 4.74 Å². The lowest BCUT2D eigenvalue weighted by atomic mass is 9.93. The molecule has 0 fully saturated rings. The van der Waals surface area contributed by atoms with Crippen LogP contribution in [-0.2, 0) is 0 Å². The largest absolute Gasteiger partial charge is 0.438 e. The van der Waals surface area contributed by atoms with Crippen molar-refractivity contribution < 1.29 is 13.9 Å². The molecule has 7 nitrogen and oxygen atoms in total. The fraction of sp³-hybridized carbons (Fsp3) is 0.229. The van der Waals surface area contributed by atoms with Gasteiger partial charge in [-0.2, -0.15) is 4.98 Å². The third kappa shape index (κ3) is 7.34. The van der Waals surface area contributed by atoms with E-state index in [0.29, 0.717) is 35.4 Å². The van der Waals surface area contributed by atoms with Crippen molar-refractivity contribution in [2.24, 2.45) is 5.41 Å². The van der Waals surface area contributed by atoms with E-state index in [1.54, 1.807) is 24.4 Å². The SMILES string of the molecule is Cc1cc(F)ccc1-c1cccc(C(=O)Nc2ccc(Oc3ccnc(NCC(C)(C)CN(C)C)n3)c3ccccc23)c1. The van der Waals surface area contributed by atoms with Crippen LogP contribution < -0.4 is 15.4 Å². The Hall–Kier alpha value is -4.82. The molecule has 43 heavy (non-hydrogen) atoms. The van der Waals surface area contributed by atoms with E-state index in [9.17, 15) is 9.18 Å². The number of aromatic nitrogens is 2. The van der Waals surface area contributed by atoms with Crippen molar-refractivity contribution in [1.29, 1.82) is 0 Å². The third-order valence-electron chi connectivity index (χ3n) is 7.07. The first-order valence-electron chi connectivity index (χ1n) is 14.2. The minimum Gasteiger partial charge on any atom is -0.438 e. The number of aryl methyl sites for hydroxylation is 1. The minimum absolute atomic E-state index is 0.0292. The lowest BCUT2D eigenvalue weighted by molar-refractivity contribution is 0.102. The van der Waals surface area contributed by atoms with Crippen molar-refractivity contribution in [3.63, 3.8) is 0 Å². The maximum Gasteiger partial charge on any atom is 0.255 e. The Labute approximate surface area is 251 Å². The molecule has 1 aromatic heterocycles. The van der Waals surface area contributed by atoms with E-state index < -0.39 is 0 Å². The Kier molecular flexibility index (Phi) is 8.68. The van der Waals surface area contributed by atoms with Gasteiger partial charge in [0.05, 0.1) is 0 Å². The molecule has 0 saturated heterocycles. The number of nitrogens with one attached hydrogen (secondary N) is 2. The smallest absolute Gasteiger partial charge is 0.255 e. The average Bonchev–Trinajstić information content (AvgIpc) is 2.97. The highest BCUT2D eigenvalue weighted by Gasteiger charge is 2.19. The molecule has 0 spiro atoms. The van der Waals surface area contributed by atoms with Crippen LogP contribution in [0.5, 0.6) is 11.6 Å². The molecule has 0 aliphatic rings. The molecule has 1 heterocycles. The molecular weight excluding hydrogens is 541 g/mol. The predicted octanol–water partition coefficient (Wildman–Crippen LogP) is 7.79. The first-order chi connectivity index (χ1) is 20.6. The number of hydrogen-bond acceptors (Lipinski definition) is 6. The van der Waals surface area contributed by atoms with E-state index in [1.807, 2.05) is 61.5 Å². The molecule has 5 rings (SSSR count). The van der Waals surface area contributed by atoms with Crippen LogP contribution in [0.4, 0.5) is 16.0 Å². The van der Waals surface area contributed by atoms with E-state index in [1.165, 1.54) is 12.1 Å². The number of hydrogen-bond donors (Lipinski definition) is 2. The van der Waals surface area contributed by atoms with Crippen molar-refractivity contribution in [3.8, 4) is 22.8 Å². The molecule has 0 unspecified atom stereocenters. The average molecular weight is 578 g/mol. The van der Waals surface area contributed by atoms with Crippen molar-refractivity contribution in [2.75, 3.05) is 37.8 Å². The second-order valence-corrected chi connectivity index (χ2v) is 11.7. The summed E-state index contributed by atoms with van der Waals surface area (Å²) in [7, 11) is 4.12. The Morgan fingerprint density at radius 3 is 2.51 bits per heavy atom. The van der Waals surface area contributed by atoms with Gasteiger partial charge < -0.3 is 20.3 Å². The van der Waals surface area contributed by atoms with Crippen LogP contribution in [0.2, 0.25) is 0 Å². The number of rotatable bonds is 10. The fourth-order valence-corrected chi connectivity index (χ4v) is 5.27. The molecule has 220 valence electrons. The minimum atomic E-state index is -0.286. The zero-order chi connectivity index (χ0) is 30.6. The molecular formula is C35H36FN5O2. The summed E-state index contributed by atoms with van der Waals surface area (Å²) in [6.07, 6.45) is 1.67. The number of carbonyl (C=O) groups is 1. The monoisotopic (exact) mass is 577 g/mol. The first kappa shape index (κ1) is 29.7. The molecule has 0 aliphatic heterocycles. The van der Waals surface area contributed by atoms with Gasteiger partial charge in [-0.05, 0) is 79.5 Å². The first-order valence-corrected chi connectivity index (χ1v) is 14.2. The maximum absolute atomic E-state index is 13.6. The Morgan fingerprint density at radius 2 is 1.74 bits per heavy atom. The molecule has 0 atom stereocenters. The summed E-state index contributed by atoms with van der Waals surface area (Å²) in [6.45, 7) is 7.86. The molecule has 4 aromatic carbocycles.